The van der Waals surface area contributed by atoms with E-state index in [4.69, 9.17) is 11.5 Å². The highest BCUT2D eigenvalue weighted by atomic mass is 16.4. The van der Waals surface area contributed by atoms with Crippen LogP contribution in [0.15, 0.2) is 12.1 Å². The Morgan fingerprint density at radius 1 is 1.56 bits per heavy atom. The van der Waals surface area contributed by atoms with E-state index in [1.54, 1.807) is 12.1 Å². The summed E-state index contributed by atoms with van der Waals surface area (Å²) in [6.07, 6.45) is 6.70. The number of hydrogen-bond donors (Lipinski definition) is 2. The molecule has 0 radical (unpaired) electrons. The van der Waals surface area contributed by atoms with E-state index in [-0.39, 0.29) is 11.5 Å². The third kappa shape index (κ3) is 4.10. The molecule has 4 nitrogen and oxygen atoms in total. The summed E-state index contributed by atoms with van der Waals surface area (Å²) in [6.45, 7) is 4.66. The van der Waals surface area contributed by atoms with Gasteiger partial charge in [0.2, 0.25) is 0 Å². The number of hydrogen-bond acceptors (Lipinski definition) is 3. The smallest absolute Gasteiger partial charge is 0.335 e. The molecule has 96 valence electrons. The molecule has 0 amide bonds. The van der Waals surface area contributed by atoms with Crippen LogP contribution in [0.5, 0.6) is 0 Å². The molecular weight excluding hydrogens is 228 g/mol. The molecule has 2 N–H and O–H groups in total. The van der Waals surface area contributed by atoms with Crippen molar-refractivity contribution in [1.29, 1.82) is 0 Å². The number of aromatic carboxylic acids is 1. The summed E-state index contributed by atoms with van der Waals surface area (Å²) in [5.41, 5.74) is 1.03. The molecule has 0 spiro atoms. The van der Waals surface area contributed by atoms with Crippen molar-refractivity contribution in [2.75, 3.05) is 11.9 Å². The van der Waals surface area contributed by atoms with Crippen LogP contribution in [-0.2, 0) is 0 Å². The largest absolute Gasteiger partial charge is 0.478 e. The molecule has 0 aliphatic rings. The first-order valence-electron chi connectivity index (χ1n) is 5.97. The van der Waals surface area contributed by atoms with Crippen molar-refractivity contribution in [3.63, 3.8) is 0 Å². The van der Waals surface area contributed by atoms with Crippen molar-refractivity contribution in [3.8, 4) is 12.3 Å². The second-order valence-corrected chi connectivity index (χ2v) is 4.36. The Bertz CT molecular complexity index is 461. The topological polar surface area (TPSA) is 62.2 Å². The maximum Gasteiger partial charge on any atom is 0.335 e. The van der Waals surface area contributed by atoms with Gasteiger partial charge < -0.3 is 10.4 Å². The van der Waals surface area contributed by atoms with E-state index in [1.807, 2.05) is 13.8 Å². The highest BCUT2D eigenvalue weighted by Gasteiger charge is 2.10. The van der Waals surface area contributed by atoms with Gasteiger partial charge in [0.15, 0.2) is 0 Å². The summed E-state index contributed by atoms with van der Waals surface area (Å²) in [4.78, 5) is 15.4. The van der Waals surface area contributed by atoms with Crippen LogP contribution in [0.2, 0.25) is 0 Å². The molecule has 0 unspecified atom stereocenters. The number of carbonyl (C=O) groups is 1. The minimum Gasteiger partial charge on any atom is -0.478 e. The second-order valence-electron chi connectivity index (χ2n) is 4.36. The maximum atomic E-state index is 11.0. The van der Waals surface area contributed by atoms with Gasteiger partial charge in [-0.15, -0.1) is 12.3 Å². The molecule has 0 saturated carbocycles. The molecule has 0 saturated heterocycles. The predicted octanol–water partition coefficient (Wildman–Crippen LogP) is 2.73. The monoisotopic (exact) mass is 246 g/mol. The summed E-state index contributed by atoms with van der Waals surface area (Å²) < 4.78 is 0. The summed E-state index contributed by atoms with van der Waals surface area (Å²) >= 11 is 0. The minimum atomic E-state index is -0.939. The van der Waals surface area contributed by atoms with Gasteiger partial charge in [0.05, 0.1) is 5.56 Å². The molecule has 0 aliphatic heterocycles. The molecule has 1 rings (SSSR count). The first kappa shape index (κ1) is 14.0. The predicted molar refractivity (Wildman–Crippen MR) is 71.8 cm³/mol. The van der Waals surface area contributed by atoms with E-state index in [0.29, 0.717) is 18.8 Å². The Morgan fingerprint density at radius 3 is 2.83 bits per heavy atom. The second kappa shape index (κ2) is 6.65. The fraction of sp³-hybridized carbons (Fsp3) is 0.429. The maximum absolute atomic E-state index is 11.0. The average Bonchev–Trinajstić information content (AvgIpc) is 2.34. The Balaban J connectivity index is 2.83. The lowest BCUT2D eigenvalue weighted by Crippen LogP contribution is -2.08. The average molecular weight is 246 g/mol. The van der Waals surface area contributed by atoms with Gasteiger partial charge in [-0.1, -0.05) is 13.8 Å². The van der Waals surface area contributed by atoms with Crippen LogP contribution in [0.3, 0.4) is 0 Å². The highest BCUT2D eigenvalue weighted by molar-refractivity contribution is 5.88. The SMILES string of the molecule is C#CCCCNc1cc(C(=O)O)cc(C(C)C)n1. The Labute approximate surface area is 107 Å². The summed E-state index contributed by atoms with van der Waals surface area (Å²) in [7, 11) is 0. The number of carboxylic acid groups (broad SMARTS) is 1. The number of nitrogens with one attached hydrogen (secondary N) is 1. The lowest BCUT2D eigenvalue weighted by molar-refractivity contribution is 0.0696. The van der Waals surface area contributed by atoms with Crippen molar-refractivity contribution in [2.45, 2.75) is 32.6 Å². The number of rotatable bonds is 6. The molecular formula is C14H18N2O2. The van der Waals surface area contributed by atoms with Gasteiger partial charge in [0, 0.05) is 18.7 Å². The molecule has 4 heteroatoms. The quantitative estimate of drug-likeness (QED) is 0.598. The van der Waals surface area contributed by atoms with E-state index < -0.39 is 5.97 Å². The molecule has 0 fully saturated rings. The summed E-state index contributed by atoms with van der Waals surface area (Å²) in [5.74, 6) is 2.40. The van der Waals surface area contributed by atoms with Crippen molar-refractivity contribution >= 4 is 11.8 Å². The molecule has 1 heterocycles. The molecule has 1 aromatic rings. The molecule has 0 bridgehead atoms. The highest BCUT2D eigenvalue weighted by Crippen LogP contribution is 2.17. The number of terminal acetylenes is 1. The lowest BCUT2D eigenvalue weighted by Gasteiger charge is -2.10. The number of aromatic nitrogens is 1. The van der Waals surface area contributed by atoms with Gasteiger partial charge in [-0.2, -0.15) is 0 Å². The van der Waals surface area contributed by atoms with Crippen LogP contribution in [0.4, 0.5) is 5.82 Å². The fourth-order valence-electron chi connectivity index (χ4n) is 1.47. The number of carboxylic acids is 1. The van der Waals surface area contributed by atoms with Crippen molar-refractivity contribution < 1.29 is 9.90 Å². The zero-order chi connectivity index (χ0) is 13.5. The van der Waals surface area contributed by atoms with E-state index in [0.717, 1.165) is 12.1 Å². The third-order valence-electron chi connectivity index (χ3n) is 2.49. The number of anilines is 1. The van der Waals surface area contributed by atoms with Gasteiger partial charge in [-0.3, -0.25) is 0 Å². The van der Waals surface area contributed by atoms with Gasteiger partial charge in [0.25, 0.3) is 0 Å². The standard InChI is InChI=1S/C14H18N2O2/c1-4-5-6-7-15-13-9-11(14(17)18)8-12(16-13)10(2)3/h1,8-10H,5-7H2,2-3H3,(H,15,16)(H,17,18). The molecule has 18 heavy (non-hydrogen) atoms. The van der Waals surface area contributed by atoms with E-state index in [2.05, 4.69) is 16.2 Å². The van der Waals surface area contributed by atoms with E-state index in [1.165, 1.54) is 0 Å². The van der Waals surface area contributed by atoms with Crippen LogP contribution in [-0.4, -0.2) is 22.6 Å². The van der Waals surface area contributed by atoms with Crippen molar-refractivity contribution in [2.24, 2.45) is 0 Å². The first-order valence-corrected chi connectivity index (χ1v) is 5.97. The Kier molecular flexibility index (Phi) is 5.19. The summed E-state index contributed by atoms with van der Waals surface area (Å²) in [6, 6.07) is 3.16. The van der Waals surface area contributed by atoms with Gasteiger partial charge in [0.1, 0.15) is 5.82 Å². The summed E-state index contributed by atoms with van der Waals surface area (Å²) in [5, 5.41) is 12.1. The first-order chi connectivity index (χ1) is 8.54. The van der Waals surface area contributed by atoms with E-state index >= 15 is 0 Å². The van der Waals surface area contributed by atoms with Crippen molar-refractivity contribution in [3.05, 3.63) is 23.4 Å². The molecule has 0 atom stereocenters. The molecule has 1 aromatic heterocycles. The van der Waals surface area contributed by atoms with Gasteiger partial charge >= 0.3 is 5.97 Å². The Morgan fingerprint density at radius 2 is 2.28 bits per heavy atom. The van der Waals surface area contributed by atoms with E-state index in [9.17, 15) is 4.79 Å². The normalized spacial score (nSPS) is 10.1. The zero-order valence-corrected chi connectivity index (χ0v) is 10.7. The number of pyridine rings is 1. The number of unbranched alkanes of at least 4 members (excludes halogenated alkanes) is 1. The Hall–Kier alpha value is -2.02. The third-order valence-corrected chi connectivity index (χ3v) is 2.49. The van der Waals surface area contributed by atoms with Crippen molar-refractivity contribution in [1.82, 2.24) is 4.98 Å². The fourth-order valence-corrected chi connectivity index (χ4v) is 1.47. The van der Waals surface area contributed by atoms with Crippen LogP contribution < -0.4 is 5.32 Å². The zero-order valence-electron chi connectivity index (χ0n) is 10.7. The van der Waals surface area contributed by atoms with Gasteiger partial charge in [-0.25, -0.2) is 9.78 Å². The molecule has 0 aliphatic carbocycles. The van der Waals surface area contributed by atoms with Crippen LogP contribution in [0.1, 0.15) is 48.7 Å². The van der Waals surface area contributed by atoms with Gasteiger partial charge in [-0.05, 0) is 24.5 Å². The van der Waals surface area contributed by atoms with Crippen LogP contribution >= 0.6 is 0 Å². The molecule has 0 aromatic carbocycles. The minimum absolute atomic E-state index is 0.190. The number of nitrogens with zero attached hydrogens (tertiary/aromatic N) is 1. The van der Waals surface area contributed by atoms with Crippen LogP contribution in [0, 0.1) is 12.3 Å². The lowest BCUT2D eigenvalue weighted by atomic mass is 10.1. The van der Waals surface area contributed by atoms with Crippen LogP contribution in [0.25, 0.3) is 0 Å².